The lowest BCUT2D eigenvalue weighted by molar-refractivity contribution is -0.143. The predicted molar refractivity (Wildman–Crippen MR) is 82.9 cm³/mol. The number of rotatable bonds is 8. The van der Waals surface area contributed by atoms with E-state index in [1.807, 2.05) is 13.8 Å². The Labute approximate surface area is 132 Å². The van der Waals surface area contributed by atoms with Gasteiger partial charge in [-0.3, -0.25) is 4.79 Å². The van der Waals surface area contributed by atoms with Crippen LogP contribution in [-0.2, 0) is 23.9 Å². The minimum Gasteiger partial charge on any atom is -0.460 e. The van der Waals surface area contributed by atoms with Gasteiger partial charge in [0.25, 0.3) is 0 Å². The predicted octanol–water partition coefficient (Wildman–Crippen LogP) is 1.83. The zero-order chi connectivity index (χ0) is 17.3. The molecule has 6 heteroatoms. The molecule has 22 heavy (non-hydrogen) atoms. The third-order valence-corrected chi connectivity index (χ3v) is 2.77. The van der Waals surface area contributed by atoms with Crippen LogP contribution in [0.4, 0.5) is 0 Å². The van der Waals surface area contributed by atoms with Crippen molar-refractivity contribution in [1.29, 1.82) is 0 Å². The molecule has 0 unspecified atom stereocenters. The van der Waals surface area contributed by atoms with Crippen molar-refractivity contribution in [3.05, 3.63) is 12.2 Å². The number of carbonyl (C=O) groups is 3. The Morgan fingerprint density at radius 3 is 1.95 bits per heavy atom. The monoisotopic (exact) mass is 313 g/mol. The smallest absolute Gasteiger partial charge is 0.331 e. The molecule has 0 aliphatic heterocycles. The van der Waals surface area contributed by atoms with Gasteiger partial charge in [0.15, 0.2) is 0 Å². The van der Waals surface area contributed by atoms with E-state index < -0.39 is 11.9 Å². The van der Waals surface area contributed by atoms with Gasteiger partial charge in [-0.25, -0.2) is 9.59 Å². The lowest BCUT2D eigenvalue weighted by Gasteiger charge is -2.22. The second-order valence-electron chi connectivity index (χ2n) is 5.96. The van der Waals surface area contributed by atoms with Crippen molar-refractivity contribution in [3.8, 4) is 0 Å². The highest BCUT2D eigenvalue weighted by atomic mass is 16.5. The maximum atomic E-state index is 11.7. The molecule has 126 valence electrons. The highest BCUT2D eigenvalue weighted by molar-refractivity contribution is 5.91. The molecule has 0 aromatic rings. The molecule has 0 radical (unpaired) electrons. The molecule has 1 atom stereocenters. The number of nitrogens with one attached hydrogen (secondary N) is 1. The molecular formula is C16H27NO5. The van der Waals surface area contributed by atoms with Crippen molar-refractivity contribution < 1.29 is 23.9 Å². The van der Waals surface area contributed by atoms with Crippen LogP contribution in [0.2, 0.25) is 0 Å². The lowest BCUT2D eigenvalue weighted by Crippen LogP contribution is -2.44. The molecule has 0 bridgehead atoms. The van der Waals surface area contributed by atoms with Gasteiger partial charge in [0, 0.05) is 18.1 Å². The van der Waals surface area contributed by atoms with Crippen LogP contribution in [-0.4, -0.2) is 36.6 Å². The number of hydrogen-bond donors (Lipinski definition) is 1. The molecule has 0 saturated heterocycles. The average molecular weight is 313 g/mol. The Kier molecular flexibility index (Phi) is 9.13. The summed E-state index contributed by atoms with van der Waals surface area (Å²) >= 11 is 0. The van der Waals surface area contributed by atoms with Crippen LogP contribution in [0.15, 0.2) is 12.2 Å². The summed E-state index contributed by atoms with van der Waals surface area (Å²) in [5.74, 6) is -1.36. The van der Waals surface area contributed by atoms with Gasteiger partial charge in [0.05, 0.1) is 12.1 Å². The Morgan fingerprint density at radius 2 is 1.50 bits per heavy atom. The van der Waals surface area contributed by atoms with Crippen molar-refractivity contribution in [3.63, 3.8) is 0 Å². The van der Waals surface area contributed by atoms with E-state index in [9.17, 15) is 14.4 Å². The van der Waals surface area contributed by atoms with E-state index in [0.29, 0.717) is 0 Å². The number of esters is 2. The average Bonchev–Trinajstić information content (AvgIpc) is 2.39. The van der Waals surface area contributed by atoms with E-state index in [4.69, 9.17) is 9.47 Å². The summed E-state index contributed by atoms with van der Waals surface area (Å²) in [6, 6.07) is -0.269. The highest BCUT2D eigenvalue weighted by Crippen LogP contribution is 2.05. The minimum atomic E-state index is -0.648. The fourth-order valence-electron chi connectivity index (χ4n) is 1.38. The van der Waals surface area contributed by atoms with Gasteiger partial charge in [-0.15, -0.1) is 0 Å². The first kappa shape index (κ1) is 20.1. The second-order valence-corrected chi connectivity index (χ2v) is 5.96. The molecule has 0 aromatic heterocycles. The highest BCUT2D eigenvalue weighted by Gasteiger charge is 2.19. The fraction of sp³-hybridized carbons (Fsp3) is 0.688. The largest absolute Gasteiger partial charge is 0.460 e. The van der Waals surface area contributed by atoms with E-state index in [2.05, 4.69) is 5.32 Å². The van der Waals surface area contributed by atoms with Crippen LogP contribution in [0.25, 0.3) is 0 Å². The molecule has 6 nitrogen and oxygen atoms in total. The van der Waals surface area contributed by atoms with Gasteiger partial charge in [-0.2, -0.15) is 0 Å². The Balaban J connectivity index is 4.36. The lowest BCUT2D eigenvalue weighted by atomic mass is 10.0. The van der Waals surface area contributed by atoms with E-state index in [0.717, 1.165) is 12.2 Å². The second kappa shape index (κ2) is 9.97. The molecule has 0 rings (SSSR count). The van der Waals surface area contributed by atoms with Gasteiger partial charge >= 0.3 is 11.9 Å². The number of hydrogen-bond acceptors (Lipinski definition) is 5. The summed E-state index contributed by atoms with van der Waals surface area (Å²) < 4.78 is 9.91. The standard InChI is InChI=1S/C16H27NO5/c1-10(2)13(17-16(20)11(3)4)9-21-14(18)7-8-15(19)22-12(5)6/h7-8,10-13H,9H2,1-6H3,(H,17,20)/b8-7+/t13-/m0/s1. The Morgan fingerprint density at radius 1 is 0.955 bits per heavy atom. The molecule has 0 aromatic carbocycles. The quantitative estimate of drug-likeness (QED) is 0.546. The zero-order valence-corrected chi connectivity index (χ0v) is 14.2. The molecule has 0 aliphatic rings. The van der Waals surface area contributed by atoms with Crippen molar-refractivity contribution in [2.24, 2.45) is 11.8 Å². The molecule has 0 spiro atoms. The van der Waals surface area contributed by atoms with Crippen LogP contribution in [0.1, 0.15) is 41.5 Å². The summed E-state index contributed by atoms with van der Waals surface area (Å²) in [6.45, 7) is 10.9. The summed E-state index contributed by atoms with van der Waals surface area (Å²) in [5, 5.41) is 2.83. The van der Waals surface area contributed by atoms with Crippen molar-refractivity contribution in [2.45, 2.75) is 53.7 Å². The van der Waals surface area contributed by atoms with E-state index in [-0.39, 0.29) is 36.5 Å². The molecule has 0 saturated carbocycles. The number of ether oxygens (including phenoxy) is 2. The van der Waals surface area contributed by atoms with Crippen LogP contribution in [0, 0.1) is 11.8 Å². The van der Waals surface area contributed by atoms with Gasteiger partial charge in [-0.1, -0.05) is 27.7 Å². The van der Waals surface area contributed by atoms with Crippen molar-refractivity contribution in [2.75, 3.05) is 6.61 Å². The van der Waals surface area contributed by atoms with Crippen LogP contribution in [0.3, 0.4) is 0 Å². The maximum Gasteiger partial charge on any atom is 0.331 e. The molecular weight excluding hydrogens is 286 g/mol. The van der Waals surface area contributed by atoms with Gasteiger partial charge in [-0.05, 0) is 19.8 Å². The number of carbonyl (C=O) groups excluding carboxylic acids is 3. The first-order valence-corrected chi connectivity index (χ1v) is 7.49. The van der Waals surface area contributed by atoms with Crippen molar-refractivity contribution >= 4 is 17.8 Å². The molecule has 1 N–H and O–H groups in total. The van der Waals surface area contributed by atoms with E-state index in [1.165, 1.54) is 0 Å². The third kappa shape index (κ3) is 9.15. The molecule has 1 amide bonds. The van der Waals surface area contributed by atoms with E-state index in [1.54, 1.807) is 27.7 Å². The van der Waals surface area contributed by atoms with Crippen LogP contribution >= 0.6 is 0 Å². The summed E-state index contributed by atoms with van der Waals surface area (Å²) in [4.78, 5) is 34.5. The SMILES string of the molecule is CC(C)OC(=O)/C=C/C(=O)OC[C@H](NC(=O)C(C)C)C(C)C. The van der Waals surface area contributed by atoms with Crippen LogP contribution in [0.5, 0.6) is 0 Å². The third-order valence-electron chi connectivity index (χ3n) is 2.77. The van der Waals surface area contributed by atoms with Gasteiger partial charge < -0.3 is 14.8 Å². The zero-order valence-electron chi connectivity index (χ0n) is 14.2. The molecule has 0 heterocycles. The van der Waals surface area contributed by atoms with Crippen LogP contribution < -0.4 is 5.32 Å². The topological polar surface area (TPSA) is 81.7 Å². The Bertz CT molecular complexity index is 413. The fourth-order valence-corrected chi connectivity index (χ4v) is 1.38. The maximum absolute atomic E-state index is 11.7. The molecule has 0 fully saturated rings. The summed E-state index contributed by atoms with van der Waals surface area (Å²) in [5.41, 5.74) is 0. The first-order valence-electron chi connectivity index (χ1n) is 7.49. The number of amides is 1. The normalized spacial score (nSPS) is 12.8. The minimum absolute atomic E-state index is 0.0541. The van der Waals surface area contributed by atoms with E-state index >= 15 is 0 Å². The molecule has 0 aliphatic carbocycles. The van der Waals surface area contributed by atoms with Gasteiger partial charge in [0.2, 0.25) is 5.91 Å². The summed E-state index contributed by atoms with van der Waals surface area (Å²) in [6.07, 6.45) is 1.80. The van der Waals surface area contributed by atoms with Crippen molar-refractivity contribution in [1.82, 2.24) is 5.32 Å². The van der Waals surface area contributed by atoms with Gasteiger partial charge in [0.1, 0.15) is 6.61 Å². The Hall–Kier alpha value is -1.85. The first-order chi connectivity index (χ1) is 10.1. The summed E-state index contributed by atoms with van der Waals surface area (Å²) in [7, 11) is 0.